The Bertz CT molecular complexity index is 317. The van der Waals surface area contributed by atoms with Crippen LogP contribution in [-0.4, -0.2) is 17.8 Å². The van der Waals surface area contributed by atoms with Gasteiger partial charge in [-0.15, -0.1) is 11.6 Å². The SMILES string of the molecule is CC(Cl)CCNC(=O)CC12CC3CC(CC(C3)C1)C2. The van der Waals surface area contributed by atoms with Gasteiger partial charge < -0.3 is 5.32 Å². The summed E-state index contributed by atoms with van der Waals surface area (Å²) in [5.41, 5.74) is 0.366. The van der Waals surface area contributed by atoms with Crippen LogP contribution in [-0.2, 0) is 4.79 Å². The van der Waals surface area contributed by atoms with Gasteiger partial charge in [-0.25, -0.2) is 0 Å². The molecule has 1 N–H and O–H groups in total. The zero-order chi connectivity index (χ0) is 13.5. The molecule has 0 aromatic heterocycles. The Morgan fingerprint density at radius 1 is 1.21 bits per heavy atom. The van der Waals surface area contributed by atoms with E-state index in [1.807, 2.05) is 6.92 Å². The Morgan fingerprint density at radius 2 is 1.74 bits per heavy atom. The molecule has 4 bridgehead atoms. The van der Waals surface area contributed by atoms with E-state index < -0.39 is 0 Å². The maximum Gasteiger partial charge on any atom is 0.220 e. The first kappa shape index (κ1) is 13.7. The number of halogens is 1. The molecule has 1 amide bonds. The van der Waals surface area contributed by atoms with Crippen molar-refractivity contribution >= 4 is 17.5 Å². The summed E-state index contributed by atoms with van der Waals surface area (Å²) in [5.74, 6) is 3.06. The lowest BCUT2D eigenvalue weighted by Crippen LogP contribution is -2.48. The predicted molar refractivity (Wildman–Crippen MR) is 78.2 cm³/mol. The Kier molecular flexibility index (Phi) is 3.81. The summed E-state index contributed by atoms with van der Waals surface area (Å²) in [4.78, 5) is 12.2. The smallest absolute Gasteiger partial charge is 0.220 e. The highest BCUT2D eigenvalue weighted by atomic mass is 35.5. The molecule has 0 saturated heterocycles. The highest BCUT2D eigenvalue weighted by Crippen LogP contribution is 2.61. The van der Waals surface area contributed by atoms with Gasteiger partial charge in [0.25, 0.3) is 0 Å². The van der Waals surface area contributed by atoms with E-state index in [0.717, 1.165) is 37.1 Å². The zero-order valence-corrected chi connectivity index (χ0v) is 12.7. The Morgan fingerprint density at radius 3 is 2.21 bits per heavy atom. The molecule has 4 aliphatic rings. The molecule has 19 heavy (non-hydrogen) atoms. The number of amides is 1. The third-order valence-electron chi connectivity index (χ3n) is 5.56. The van der Waals surface area contributed by atoms with E-state index in [-0.39, 0.29) is 11.3 Å². The van der Waals surface area contributed by atoms with Crippen LogP contribution >= 0.6 is 11.6 Å². The molecule has 0 aromatic carbocycles. The minimum Gasteiger partial charge on any atom is -0.356 e. The summed E-state index contributed by atoms with van der Waals surface area (Å²) >= 11 is 5.91. The van der Waals surface area contributed by atoms with E-state index in [1.165, 1.54) is 38.5 Å². The van der Waals surface area contributed by atoms with E-state index >= 15 is 0 Å². The van der Waals surface area contributed by atoms with Crippen molar-refractivity contribution in [2.24, 2.45) is 23.2 Å². The van der Waals surface area contributed by atoms with Crippen LogP contribution in [0.2, 0.25) is 0 Å². The monoisotopic (exact) mass is 283 g/mol. The standard InChI is InChI=1S/C16H26ClNO/c1-11(17)2-3-18-15(19)10-16-7-12-4-13(8-16)6-14(5-12)9-16/h11-14H,2-10H2,1H3,(H,18,19). The molecule has 4 saturated carbocycles. The first-order valence-corrected chi connectivity index (χ1v) is 8.39. The largest absolute Gasteiger partial charge is 0.356 e. The average Bonchev–Trinajstić information content (AvgIpc) is 2.25. The second-order valence-electron chi connectivity index (χ2n) is 7.51. The van der Waals surface area contributed by atoms with Crippen molar-refractivity contribution < 1.29 is 4.79 Å². The van der Waals surface area contributed by atoms with Crippen molar-refractivity contribution in [2.45, 2.75) is 63.7 Å². The minimum absolute atomic E-state index is 0.153. The second-order valence-corrected chi connectivity index (χ2v) is 8.26. The van der Waals surface area contributed by atoms with Crippen LogP contribution in [0.5, 0.6) is 0 Å². The number of alkyl halides is 1. The molecule has 0 aromatic rings. The lowest BCUT2D eigenvalue weighted by molar-refractivity contribution is -0.129. The lowest BCUT2D eigenvalue weighted by Gasteiger charge is -2.56. The van der Waals surface area contributed by atoms with Gasteiger partial charge in [0, 0.05) is 18.3 Å². The molecular formula is C16H26ClNO. The number of rotatable bonds is 5. The van der Waals surface area contributed by atoms with Gasteiger partial charge in [-0.05, 0) is 75.0 Å². The van der Waals surface area contributed by atoms with E-state index in [9.17, 15) is 4.79 Å². The van der Waals surface area contributed by atoms with E-state index in [1.54, 1.807) is 0 Å². The fourth-order valence-electron chi connectivity index (χ4n) is 5.32. The Hall–Kier alpha value is -0.240. The number of carbonyl (C=O) groups excluding carboxylic acids is 1. The van der Waals surface area contributed by atoms with Crippen LogP contribution in [0.25, 0.3) is 0 Å². The van der Waals surface area contributed by atoms with Gasteiger partial charge in [-0.3, -0.25) is 4.79 Å². The summed E-state index contributed by atoms with van der Waals surface area (Å²) in [7, 11) is 0. The van der Waals surface area contributed by atoms with Crippen LogP contribution in [0.1, 0.15) is 58.3 Å². The summed E-state index contributed by atoms with van der Waals surface area (Å²) < 4.78 is 0. The number of hydrogen-bond donors (Lipinski definition) is 1. The zero-order valence-electron chi connectivity index (χ0n) is 12.0. The van der Waals surface area contributed by atoms with Crippen molar-refractivity contribution in [3.05, 3.63) is 0 Å². The molecule has 1 unspecified atom stereocenters. The van der Waals surface area contributed by atoms with Gasteiger partial charge >= 0.3 is 0 Å². The summed E-state index contributed by atoms with van der Waals surface area (Å²) in [6.45, 7) is 2.71. The van der Waals surface area contributed by atoms with Gasteiger partial charge in [0.2, 0.25) is 5.91 Å². The third-order valence-corrected chi connectivity index (χ3v) is 5.78. The van der Waals surface area contributed by atoms with Crippen molar-refractivity contribution in [1.29, 1.82) is 0 Å². The molecule has 3 heteroatoms. The van der Waals surface area contributed by atoms with Crippen LogP contribution in [0.4, 0.5) is 0 Å². The molecule has 4 rings (SSSR count). The topological polar surface area (TPSA) is 29.1 Å². The predicted octanol–water partition coefficient (Wildman–Crippen LogP) is 3.73. The molecule has 4 aliphatic carbocycles. The highest BCUT2D eigenvalue weighted by Gasteiger charge is 2.51. The van der Waals surface area contributed by atoms with E-state index in [2.05, 4.69) is 5.32 Å². The number of carbonyl (C=O) groups is 1. The fourth-order valence-corrected chi connectivity index (χ4v) is 5.43. The molecular weight excluding hydrogens is 258 g/mol. The van der Waals surface area contributed by atoms with Crippen molar-refractivity contribution in [3.8, 4) is 0 Å². The minimum atomic E-state index is 0.153. The van der Waals surface area contributed by atoms with Crippen LogP contribution in [0.3, 0.4) is 0 Å². The molecule has 0 heterocycles. The number of nitrogens with one attached hydrogen (secondary N) is 1. The maximum absolute atomic E-state index is 12.2. The molecule has 1 atom stereocenters. The van der Waals surface area contributed by atoms with Gasteiger partial charge in [-0.1, -0.05) is 0 Å². The van der Waals surface area contributed by atoms with Crippen LogP contribution < -0.4 is 5.32 Å². The highest BCUT2D eigenvalue weighted by molar-refractivity contribution is 6.20. The van der Waals surface area contributed by atoms with Gasteiger partial charge in [-0.2, -0.15) is 0 Å². The first-order valence-electron chi connectivity index (χ1n) is 7.95. The van der Waals surface area contributed by atoms with E-state index in [0.29, 0.717) is 5.41 Å². The fraction of sp³-hybridized carbons (Fsp3) is 0.938. The van der Waals surface area contributed by atoms with Crippen molar-refractivity contribution in [2.75, 3.05) is 6.54 Å². The Balaban J connectivity index is 1.53. The molecule has 0 radical (unpaired) electrons. The summed E-state index contributed by atoms with van der Waals surface area (Å²) in [5, 5.41) is 3.22. The van der Waals surface area contributed by atoms with Gasteiger partial charge in [0.15, 0.2) is 0 Å². The summed E-state index contributed by atoms with van der Waals surface area (Å²) in [6.07, 6.45) is 9.94. The quantitative estimate of drug-likeness (QED) is 0.766. The molecule has 108 valence electrons. The third kappa shape index (κ3) is 3.09. The van der Waals surface area contributed by atoms with Crippen LogP contribution in [0.15, 0.2) is 0 Å². The van der Waals surface area contributed by atoms with Crippen LogP contribution in [0, 0.1) is 23.2 Å². The second kappa shape index (κ2) is 5.27. The molecule has 4 fully saturated rings. The number of hydrogen-bond acceptors (Lipinski definition) is 1. The van der Waals surface area contributed by atoms with E-state index in [4.69, 9.17) is 11.6 Å². The van der Waals surface area contributed by atoms with Gasteiger partial charge in [0.1, 0.15) is 0 Å². The molecule has 0 aliphatic heterocycles. The molecule has 2 nitrogen and oxygen atoms in total. The first-order chi connectivity index (χ1) is 9.05. The van der Waals surface area contributed by atoms with Gasteiger partial charge in [0.05, 0.1) is 0 Å². The van der Waals surface area contributed by atoms with Crippen molar-refractivity contribution in [3.63, 3.8) is 0 Å². The normalized spacial score (nSPS) is 41.3. The average molecular weight is 284 g/mol. The lowest BCUT2D eigenvalue weighted by atomic mass is 9.49. The van der Waals surface area contributed by atoms with Crippen molar-refractivity contribution in [1.82, 2.24) is 5.32 Å². The summed E-state index contributed by atoms with van der Waals surface area (Å²) in [6, 6.07) is 0. The maximum atomic E-state index is 12.2. The molecule has 0 spiro atoms. The Labute approximate surface area is 121 Å².